The fourth-order valence-electron chi connectivity index (χ4n) is 1.85. The van der Waals surface area contributed by atoms with Crippen LogP contribution in [0.15, 0.2) is 0 Å². The van der Waals surface area contributed by atoms with Crippen molar-refractivity contribution in [3.05, 3.63) is 0 Å². The van der Waals surface area contributed by atoms with Crippen LogP contribution in [0.25, 0.3) is 0 Å². The number of carboxylic acids is 1. The first-order chi connectivity index (χ1) is 4.75. The number of hydrogen-bond acceptors (Lipinski definition) is 1. The number of carboxylic acid groups (broad SMARTS) is 1. The van der Waals surface area contributed by atoms with Gasteiger partial charge < -0.3 is 5.11 Å². The lowest BCUT2D eigenvalue weighted by atomic mass is 9.94. The zero-order valence-corrected chi connectivity index (χ0v) is 6.34. The average Bonchev–Trinajstić information content (AvgIpc) is 2.33. The fraction of sp³-hybridized carbons (Fsp3) is 0.875. The van der Waals surface area contributed by atoms with Crippen LogP contribution in [0.4, 0.5) is 0 Å². The molecule has 2 heteroatoms. The van der Waals surface area contributed by atoms with Gasteiger partial charge in [-0.15, -0.1) is 0 Å². The summed E-state index contributed by atoms with van der Waals surface area (Å²) in [4.78, 5) is 10.6. The lowest BCUT2D eigenvalue weighted by Crippen LogP contribution is -2.17. The SMILES string of the molecule is CC[C@H]1CCCC1C(=O)O. The van der Waals surface area contributed by atoms with Gasteiger partial charge >= 0.3 is 5.97 Å². The molecule has 2 nitrogen and oxygen atoms in total. The molecule has 1 rings (SSSR count). The number of aliphatic carboxylic acids is 1. The minimum absolute atomic E-state index is 0.0370. The van der Waals surface area contributed by atoms with E-state index in [2.05, 4.69) is 6.92 Å². The van der Waals surface area contributed by atoms with E-state index in [-0.39, 0.29) is 5.92 Å². The Bertz CT molecular complexity index is 131. The Morgan fingerprint density at radius 3 is 2.70 bits per heavy atom. The molecular weight excluding hydrogens is 128 g/mol. The Balaban J connectivity index is 2.50. The van der Waals surface area contributed by atoms with Crippen molar-refractivity contribution >= 4 is 5.97 Å². The van der Waals surface area contributed by atoms with Crippen LogP contribution < -0.4 is 0 Å². The van der Waals surface area contributed by atoms with E-state index in [1.807, 2.05) is 0 Å². The summed E-state index contributed by atoms with van der Waals surface area (Å²) in [6.07, 6.45) is 4.15. The topological polar surface area (TPSA) is 37.3 Å². The van der Waals surface area contributed by atoms with Crippen molar-refractivity contribution in [2.24, 2.45) is 11.8 Å². The second kappa shape index (κ2) is 3.04. The summed E-state index contributed by atoms with van der Waals surface area (Å²) in [5.74, 6) is -0.174. The van der Waals surface area contributed by atoms with Crippen LogP contribution in [0.3, 0.4) is 0 Å². The maximum Gasteiger partial charge on any atom is 0.306 e. The molecule has 0 aromatic heterocycles. The molecule has 0 aromatic carbocycles. The first-order valence-electron chi connectivity index (χ1n) is 3.98. The van der Waals surface area contributed by atoms with Gasteiger partial charge in [0.25, 0.3) is 0 Å². The van der Waals surface area contributed by atoms with E-state index in [9.17, 15) is 4.79 Å². The van der Waals surface area contributed by atoms with Crippen LogP contribution in [0.1, 0.15) is 32.6 Å². The Kier molecular flexibility index (Phi) is 2.30. The van der Waals surface area contributed by atoms with Gasteiger partial charge in [-0.1, -0.05) is 19.8 Å². The van der Waals surface area contributed by atoms with E-state index >= 15 is 0 Å². The summed E-state index contributed by atoms with van der Waals surface area (Å²) in [6.45, 7) is 2.08. The van der Waals surface area contributed by atoms with Gasteiger partial charge in [0.2, 0.25) is 0 Å². The smallest absolute Gasteiger partial charge is 0.306 e. The zero-order chi connectivity index (χ0) is 7.56. The Morgan fingerprint density at radius 2 is 2.30 bits per heavy atom. The van der Waals surface area contributed by atoms with Crippen molar-refractivity contribution in [2.75, 3.05) is 0 Å². The lowest BCUT2D eigenvalue weighted by Gasteiger charge is -2.11. The minimum Gasteiger partial charge on any atom is -0.481 e. The summed E-state index contributed by atoms with van der Waals surface area (Å²) in [7, 11) is 0. The van der Waals surface area contributed by atoms with Crippen molar-refractivity contribution in [3.63, 3.8) is 0 Å². The molecule has 0 spiro atoms. The third-order valence-corrected chi connectivity index (χ3v) is 2.50. The molecular formula is C8H14O2. The molecule has 1 aliphatic carbocycles. The van der Waals surface area contributed by atoms with Gasteiger partial charge in [0.15, 0.2) is 0 Å². The molecule has 58 valence electrons. The second-order valence-corrected chi connectivity index (χ2v) is 3.04. The standard InChI is InChI=1S/C8H14O2/c1-2-6-4-3-5-7(6)8(9)10/h6-7H,2-5H2,1H3,(H,9,10)/t6-,7?/m0/s1. The van der Waals surface area contributed by atoms with Gasteiger partial charge in [-0.05, 0) is 18.8 Å². The van der Waals surface area contributed by atoms with Crippen molar-refractivity contribution in [2.45, 2.75) is 32.6 Å². The summed E-state index contributed by atoms with van der Waals surface area (Å²) < 4.78 is 0. The van der Waals surface area contributed by atoms with E-state index in [1.54, 1.807) is 0 Å². The van der Waals surface area contributed by atoms with Crippen LogP contribution in [0.2, 0.25) is 0 Å². The highest BCUT2D eigenvalue weighted by atomic mass is 16.4. The molecule has 0 amide bonds. The van der Waals surface area contributed by atoms with Crippen LogP contribution in [0.5, 0.6) is 0 Å². The number of hydrogen-bond donors (Lipinski definition) is 1. The molecule has 0 heterocycles. The van der Waals surface area contributed by atoms with Gasteiger partial charge in [0.05, 0.1) is 5.92 Å². The van der Waals surface area contributed by atoms with Crippen molar-refractivity contribution in [1.82, 2.24) is 0 Å². The third kappa shape index (κ3) is 1.31. The molecule has 1 saturated carbocycles. The second-order valence-electron chi connectivity index (χ2n) is 3.04. The first-order valence-corrected chi connectivity index (χ1v) is 3.98. The monoisotopic (exact) mass is 142 g/mol. The average molecular weight is 142 g/mol. The molecule has 10 heavy (non-hydrogen) atoms. The molecule has 1 N–H and O–H groups in total. The van der Waals surface area contributed by atoms with E-state index < -0.39 is 5.97 Å². The molecule has 0 saturated heterocycles. The van der Waals surface area contributed by atoms with E-state index in [0.717, 1.165) is 25.7 Å². The summed E-state index contributed by atoms with van der Waals surface area (Å²) in [5.41, 5.74) is 0. The van der Waals surface area contributed by atoms with Crippen molar-refractivity contribution in [1.29, 1.82) is 0 Å². The molecule has 2 atom stereocenters. The van der Waals surface area contributed by atoms with Gasteiger partial charge in [-0.3, -0.25) is 4.79 Å². The molecule has 0 radical (unpaired) electrons. The van der Waals surface area contributed by atoms with E-state index in [0.29, 0.717) is 5.92 Å². The van der Waals surface area contributed by atoms with Gasteiger partial charge in [-0.25, -0.2) is 0 Å². The number of rotatable bonds is 2. The zero-order valence-electron chi connectivity index (χ0n) is 6.34. The van der Waals surface area contributed by atoms with Gasteiger partial charge in [-0.2, -0.15) is 0 Å². The summed E-state index contributed by atoms with van der Waals surface area (Å²) in [6, 6.07) is 0. The molecule has 1 aliphatic rings. The molecule has 0 aliphatic heterocycles. The van der Waals surface area contributed by atoms with Crippen molar-refractivity contribution in [3.8, 4) is 0 Å². The highest BCUT2D eigenvalue weighted by molar-refractivity contribution is 5.70. The maximum absolute atomic E-state index is 10.6. The first kappa shape index (κ1) is 7.58. The third-order valence-electron chi connectivity index (χ3n) is 2.50. The molecule has 0 bridgehead atoms. The van der Waals surface area contributed by atoms with Crippen LogP contribution in [-0.4, -0.2) is 11.1 Å². The predicted octanol–water partition coefficient (Wildman–Crippen LogP) is 1.90. The largest absolute Gasteiger partial charge is 0.481 e. The fourth-order valence-corrected chi connectivity index (χ4v) is 1.85. The van der Waals surface area contributed by atoms with Crippen LogP contribution in [0, 0.1) is 11.8 Å². The predicted molar refractivity (Wildman–Crippen MR) is 38.8 cm³/mol. The maximum atomic E-state index is 10.6. The normalized spacial score (nSPS) is 32.5. The Hall–Kier alpha value is -0.530. The Labute approximate surface area is 61.2 Å². The van der Waals surface area contributed by atoms with Crippen LogP contribution in [-0.2, 0) is 4.79 Å². The molecule has 1 unspecified atom stereocenters. The quantitative estimate of drug-likeness (QED) is 0.639. The highest BCUT2D eigenvalue weighted by Crippen LogP contribution is 2.33. The minimum atomic E-state index is -0.593. The summed E-state index contributed by atoms with van der Waals surface area (Å²) in [5, 5.41) is 8.71. The summed E-state index contributed by atoms with van der Waals surface area (Å²) >= 11 is 0. The molecule has 1 fully saturated rings. The van der Waals surface area contributed by atoms with Crippen molar-refractivity contribution < 1.29 is 9.90 Å². The van der Waals surface area contributed by atoms with Gasteiger partial charge in [0.1, 0.15) is 0 Å². The molecule has 0 aromatic rings. The number of carbonyl (C=O) groups is 1. The van der Waals surface area contributed by atoms with Crippen LogP contribution >= 0.6 is 0 Å². The van der Waals surface area contributed by atoms with E-state index in [4.69, 9.17) is 5.11 Å². The lowest BCUT2D eigenvalue weighted by molar-refractivity contribution is -0.142. The Morgan fingerprint density at radius 1 is 1.60 bits per heavy atom. The highest BCUT2D eigenvalue weighted by Gasteiger charge is 2.30. The van der Waals surface area contributed by atoms with E-state index in [1.165, 1.54) is 0 Å². The van der Waals surface area contributed by atoms with Gasteiger partial charge in [0, 0.05) is 0 Å².